The smallest absolute Gasteiger partial charge is 0.134 e. The number of halogens is 1. The van der Waals surface area contributed by atoms with Crippen LogP contribution in [-0.4, -0.2) is 0 Å². The topological polar surface area (TPSA) is 16.4 Å². The van der Waals surface area contributed by atoms with E-state index in [9.17, 15) is 4.39 Å². The highest BCUT2D eigenvalue weighted by molar-refractivity contribution is 7.99. The van der Waals surface area contributed by atoms with Crippen LogP contribution in [0.4, 0.5) is 21.5 Å². The molecule has 6 aromatic rings. The van der Waals surface area contributed by atoms with E-state index in [0.29, 0.717) is 0 Å². The molecular formula is C36H24FNOS. The maximum Gasteiger partial charge on any atom is 0.134 e. The highest BCUT2D eigenvalue weighted by Gasteiger charge is 2.26. The summed E-state index contributed by atoms with van der Waals surface area (Å²) in [6, 6.07) is 37.1. The van der Waals surface area contributed by atoms with Gasteiger partial charge in [0, 0.05) is 32.8 Å². The van der Waals surface area contributed by atoms with E-state index in [1.165, 1.54) is 11.1 Å². The molecule has 0 radical (unpaired) electrons. The lowest BCUT2D eigenvalue weighted by Gasteiger charge is -2.33. The summed E-state index contributed by atoms with van der Waals surface area (Å²) in [4.78, 5) is 4.23. The molecule has 5 aromatic carbocycles. The molecule has 0 bridgehead atoms. The first-order valence-corrected chi connectivity index (χ1v) is 14.3. The third kappa shape index (κ3) is 3.87. The molecule has 0 saturated carbocycles. The Morgan fingerprint density at radius 3 is 2.23 bits per heavy atom. The molecule has 40 heavy (non-hydrogen) atoms. The van der Waals surface area contributed by atoms with E-state index >= 15 is 0 Å². The van der Waals surface area contributed by atoms with Gasteiger partial charge in [0.2, 0.25) is 0 Å². The van der Waals surface area contributed by atoms with Gasteiger partial charge in [0.1, 0.15) is 17.2 Å². The molecule has 2 heterocycles. The van der Waals surface area contributed by atoms with Gasteiger partial charge in [-0.15, -0.1) is 0 Å². The molecular weight excluding hydrogens is 513 g/mol. The zero-order valence-corrected chi connectivity index (χ0v) is 22.4. The van der Waals surface area contributed by atoms with Crippen molar-refractivity contribution in [3.05, 3.63) is 132 Å². The minimum Gasteiger partial charge on any atom is -0.460 e. The fraction of sp³-hybridized carbons (Fsp3) is 0.0556. The minimum atomic E-state index is -0.228. The molecule has 2 nitrogen and oxygen atoms in total. The van der Waals surface area contributed by atoms with Crippen molar-refractivity contribution in [1.82, 2.24) is 0 Å². The first-order chi connectivity index (χ1) is 19.7. The molecule has 1 aliphatic carbocycles. The summed E-state index contributed by atoms with van der Waals surface area (Å²) in [6.07, 6.45) is 6.37. The lowest BCUT2D eigenvalue weighted by molar-refractivity contribution is 0.546. The van der Waals surface area contributed by atoms with Gasteiger partial charge in [-0.3, -0.25) is 0 Å². The number of rotatable bonds is 3. The number of nitrogens with zero attached hydrogens (tertiary/aromatic N) is 1. The third-order valence-corrected chi connectivity index (χ3v) is 8.87. The number of hydrogen-bond acceptors (Lipinski definition) is 3. The molecule has 0 fully saturated rings. The SMILES string of the molecule is Fc1ccc2c(c1)Sc1cc(-c3ccc4oc5c(c4c3)C=CCC5)ccc1N2c1ccc(-c2ccccc2)cc1. The van der Waals surface area contributed by atoms with Gasteiger partial charge in [0.05, 0.1) is 11.4 Å². The van der Waals surface area contributed by atoms with E-state index in [1.807, 2.05) is 12.1 Å². The first-order valence-electron chi connectivity index (χ1n) is 13.5. The molecule has 0 atom stereocenters. The number of hydrogen-bond donors (Lipinski definition) is 0. The van der Waals surface area contributed by atoms with Crippen molar-refractivity contribution in [2.24, 2.45) is 0 Å². The summed E-state index contributed by atoms with van der Waals surface area (Å²) in [7, 11) is 0. The van der Waals surface area contributed by atoms with E-state index in [-0.39, 0.29) is 5.82 Å². The molecule has 2 aliphatic rings. The van der Waals surface area contributed by atoms with E-state index in [0.717, 1.165) is 73.1 Å². The van der Waals surface area contributed by atoms with Gasteiger partial charge in [-0.05, 0) is 83.3 Å². The van der Waals surface area contributed by atoms with Gasteiger partial charge >= 0.3 is 0 Å². The average molecular weight is 538 g/mol. The maximum absolute atomic E-state index is 14.4. The van der Waals surface area contributed by atoms with Crippen LogP contribution in [0.3, 0.4) is 0 Å². The third-order valence-electron chi connectivity index (χ3n) is 7.78. The fourth-order valence-electron chi connectivity index (χ4n) is 5.81. The minimum absolute atomic E-state index is 0.228. The predicted octanol–water partition coefficient (Wildman–Crippen LogP) is 10.8. The number of fused-ring (bicyclic) bond motifs is 5. The van der Waals surface area contributed by atoms with Crippen LogP contribution < -0.4 is 4.90 Å². The predicted molar refractivity (Wildman–Crippen MR) is 163 cm³/mol. The second-order valence-corrected chi connectivity index (χ2v) is 11.3. The van der Waals surface area contributed by atoms with Crippen LogP contribution in [0.5, 0.6) is 0 Å². The van der Waals surface area contributed by atoms with Gasteiger partial charge in [0.25, 0.3) is 0 Å². The van der Waals surface area contributed by atoms with Crippen LogP contribution in [-0.2, 0) is 6.42 Å². The number of benzene rings is 5. The molecule has 4 heteroatoms. The Bertz CT molecular complexity index is 1940. The molecule has 0 N–H and O–H groups in total. The largest absolute Gasteiger partial charge is 0.460 e. The zero-order chi connectivity index (χ0) is 26.6. The maximum atomic E-state index is 14.4. The second-order valence-electron chi connectivity index (χ2n) is 10.2. The lowest BCUT2D eigenvalue weighted by Crippen LogP contribution is -2.15. The Kier molecular flexibility index (Phi) is 5.42. The highest BCUT2D eigenvalue weighted by atomic mass is 32.2. The summed E-state index contributed by atoms with van der Waals surface area (Å²) >= 11 is 1.62. The van der Waals surface area contributed by atoms with Gasteiger partial charge in [-0.25, -0.2) is 4.39 Å². The van der Waals surface area contributed by atoms with Crippen molar-refractivity contribution in [1.29, 1.82) is 0 Å². The Morgan fingerprint density at radius 1 is 0.675 bits per heavy atom. The van der Waals surface area contributed by atoms with Gasteiger partial charge in [-0.1, -0.05) is 78.5 Å². The van der Waals surface area contributed by atoms with Crippen molar-refractivity contribution in [3.63, 3.8) is 0 Å². The molecule has 0 spiro atoms. The summed E-state index contributed by atoms with van der Waals surface area (Å²) < 4.78 is 20.5. The van der Waals surface area contributed by atoms with Crippen LogP contribution in [0.25, 0.3) is 39.3 Å². The van der Waals surface area contributed by atoms with E-state index in [1.54, 1.807) is 23.9 Å². The summed E-state index contributed by atoms with van der Waals surface area (Å²) in [6.45, 7) is 0. The molecule has 192 valence electrons. The Hall–Kier alpha value is -4.54. The summed E-state index contributed by atoms with van der Waals surface area (Å²) in [5, 5.41) is 1.15. The number of furan rings is 1. The van der Waals surface area contributed by atoms with Gasteiger partial charge < -0.3 is 9.32 Å². The molecule has 8 rings (SSSR count). The zero-order valence-electron chi connectivity index (χ0n) is 21.6. The normalized spacial score (nSPS) is 13.7. The second kappa shape index (κ2) is 9.29. The van der Waals surface area contributed by atoms with Gasteiger partial charge in [0.15, 0.2) is 0 Å². The fourth-order valence-corrected chi connectivity index (χ4v) is 6.93. The number of aryl methyl sites for hydroxylation is 1. The van der Waals surface area contributed by atoms with Crippen LogP contribution in [0.15, 0.2) is 129 Å². The van der Waals surface area contributed by atoms with E-state index in [2.05, 4.69) is 102 Å². The average Bonchev–Trinajstić information content (AvgIpc) is 3.38. The van der Waals surface area contributed by atoms with Crippen molar-refractivity contribution >= 4 is 45.9 Å². The van der Waals surface area contributed by atoms with Crippen LogP contribution in [0.2, 0.25) is 0 Å². The van der Waals surface area contributed by atoms with Gasteiger partial charge in [-0.2, -0.15) is 0 Å². The van der Waals surface area contributed by atoms with E-state index in [4.69, 9.17) is 4.42 Å². The standard InChI is InChI=1S/C36H24FNOS/c37-27-14-18-32-36(22-27)40-35-21-26(25-13-19-34-30(20-25)29-8-4-5-9-33(29)39-34)12-17-31(35)38(32)28-15-10-24(11-16-28)23-6-2-1-3-7-23/h1-4,6-8,10-22H,5,9H2. The van der Waals surface area contributed by atoms with Crippen LogP contribution >= 0.6 is 11.8 Å². The molecule has 1 aliphatic heterocycles. The molecule has 0 amide bonds. The van der Waals surface area contributed by atoms with Crippen molar-refractivity contribution in [3.8, 4) is 22.3 Å². The van der Waals surface area contributed by atoms with Crippen molar-refractivity contribution < 1.29 is 8.81 Å². The lowest BCUT2D eigenvalue weighted by atomic mass is 9.98. The number of anilines is 3. The Labute approximate surface area is 236 Å². The monoisotopic (exact) mass is 537 g/mol. The molecule has 1 aromatic heterocycles. The van der Waals surface area contributed by atoms with Crippen LogP contribution in [0.1, 0.15) is 17.7 Å². The Morgan fingerprint density at radius 2 is 1.38 bits per heavy atom. The molecule has 0 saturated heterocycles. The number of allylic oxidation sites excluding steroid dienone is 1. The summed E-state index contributed by atoms with van der Waals surface area (Å²) in [5.74, 6) is 0.844. The summed E-state index contributed by atoms with van der Waals surface area (Å²) in [5.41, 5.74) is 9.86. The van der Waals surface area contributed by atoms with Crippen LogP contribution in [0, 0.1) is 5.82 Å². The quantitative estimate of drug-likeness (QED) is 0.223. The van der Waals surface area contributed by atoms with Crippen molar-refractivity contribution in [2.45, 2.75) is 22.6 Å². The first kappa shape index (κ1) is 23.4. The molecule has 0 unspecified atom stereocenters. The van der Waals surface area contributed by atoms with Crippen molar-refractivity contribution in [2.75, 3.05) is 4.90 Å². The van der Waals surface area contributed by atoms with E-state index < -0.39 is 0 Å². The Balaban J connectivity index is 1.22. The highest BCUT2D eigenvalue weighted by Crippen LogP contribution is 2.52.